The molecule has 2 aromatic rings. The van der Waals surface area contributed by atoms with Crippen LogP contribution < -0.4 is 4.90 Å². The normalized spacial score (nSPS) is 22.8. The molecule has 122 valence electrons. The van der Waals surface area contributed by atoms with Crippen molar-refractivity contribution < 1.29 is 9.69 Å². The van der Waals surface area contributed by atoms with Gasteiger partial charge >= 0.3 is 0 Å². The molecule has 3 heterocycles. The maximum Gasteiger partial charge on any atom is 0.277 e. The third-order valence-corrected chi connectivity index (χ3v) is 6.34. The molecular weight excluding hydrogens is 306 g/mol. The monoisotopic (exact) mass is 330 g/mol. The Labute approximate surface area is 141 Å². The summed E-state index contributed by atoms with van der Waals surface area (Å²) in [6.07, 6.45) is 4.80. The number of hydrogen-bond donors (Lipinski definition) is 1. The van der Waals surface area contributed by atoms with Crippen molar-refractivity contribution in [1.29, 1.82) is 0 Å². The Morgan fingerprint density at radius 2 is 2.09 bits per heavy atom. The zero-order valence-corrected chi connectivity index (χ0v) is 14.3. The van der Waals surface area contributed by atoms with E-state index in [-0.39, 0.29) is 0 Å². The van der Waals surface area contributed by atoms with Crippen LogP contribution in [-0.2, 0) is 4.79 Å². The highest BCUT2D eigenvalue weighted by atomic mass is 32.1. The number of nitrogens with one attached hydrogen (secondary N) is 1. The average Bonchev–Trinajstić information content (AvgIpc) is 3.24. The third-order valence-electron chi connectivity index (χ3n) is 5.15. The summed E-state index contributed by atoms with van der Waals surface area (Å²) in [5, 5.41) is 1.21. The molecule has 1 N–H and O–H groups in total. The molecular formula is C18H24N3OS+. The van der Waals surface area contributed by atoms with Gasteiger partial charge in [-0.05, 0) is 25.0 Å². The number of carbonyl (C=O) groups is 1. The average molecular weight is 330 g/mol. The predicted octanol–water partition coefficient (Wildman–Crippen LogP) is 1.68. The first-order chi connectivity index (χ1) is 11.3. The molecule has 0 spiro atoms. The summed E-state index contributed by atoms with van der Waals surface area (Å²) in [5.74, 6) is 0.756. The van der Waals surface area contributed by atoms with Crippen molar-refractivity contribution in [2.45, 2.75) is 31.6 Å². The van der Waals surface area contributed by atoms with Crippen molar-refractivity contribution in [3.63, 3.8) is 0 Å². The lowest BCUT2D eigenvalue weighted by atomic mass is 9.98. The summed E-state index contributed by atoms with van der Waals surface area (Å²) >= 11 is 1.80. The first kappa shape index (κ1) is 15.1. The molecule has 2 aliphatic rings. The molecule has 0 aliphatic carbocycles. The third kappa shape index (κ3) is 3.26. The quantitative estimate of drug-likeness (QED) is 0.930. The zero-order chi connectivity index (χ0) is 15.6. The standard InChI is InChI=1S/C18H23N3OS/c22-17(13-20-9-3-4-10-20)21-11-5-6-14(12-21)18-19-15-7-1-2-8-16(15)23-18/h1-2,7-8,14H,3-6,9-13H2/p+1/t14-/m1/s1. The Hall–Kier alpha value is -1.46. The molecule has 4 nitrogen and oxygen atoms in total. The topological polar surface area (TPSA) is 37.6 Å². The molecule has 23 heavy (non-hydrogen) atoms. The van der Waals surface area contributed by atoms with E-state index in [1.165, 1.54) is 40.5 Å². The highest BCUT2D eigenvalue weighted by Crippen LogP contribution is 2.32. The molecule has 2 saturated heterocycles. The van der Waals surface area contributed by atoms with Crippen LogP contribution in [-0.4, -0.2) is 48.5 Å². The minimum Gasteiger partial charge on any atom is -0.337 e. The van der Waals surface area contributed by atoms with Gasteiger partial charge in [0, 0.05) is 31.8 Å². The van der Waals surface area contributed by atoms with Gasteiger partial charge in [0.15, 0.2) is 6.54 Å². The van der Waals surface area contributed by atoms with Gasteiger partial charge in [0.05, 0.1) is 28.3 Å². The summed E-state index contributed by atoms with van der Waals surface area (Å²) in [4.78, 5) is 21.0. The summed E-state index contributed by atoms with van der Waals surface area (Å²) in [5.41, 5.74) is 1.09. The second kappa shape index (κ2) is 6.57. The van der Waals surface area contributed by atoms with Crippen LogP contribution in [0.1, 0.15) is 36.6 Å². The Morgan fingerprint density at radius 3 is 2.91 bits per heavy atom. The molecule has 5 heteroatoms. The predicted molar refractivity (Wildman–Crippen MR) is 93.0 cm³/mol. The minimum atomic E-state index is 0.340. The van der Waals surface area contributed by atoms with E-state index < -0.39 is 0 Å². The molecule has 4 rings (SSSR count). The Balaban J connectivity index is 1.44. The van der Waals surface area contributed by atoms with Crippen molar-refractivity contribution in [1.82, 2.24) is 9.88 Å². The van der Waals surface area contributed by atoms with Crippen LogP contribution in [0, 0.1) is 0 Å². The van der Waals surface area contributed by atoms with Crippen LogP contribution in [0.25, 0.3) is 10.2 Å². The largest absolute Gasteiger partial charge is 0.337 e. The number of aromatic nitrogens is 1. The van der Waals surface area contributed by atoms with Crippen molar-refractivity contribution in [3.8, 4) is 0 Å². The lowest BCUT2D eigenvalue weighted by Gasteiger charge is -2.32. The van der Waals surface area contributed by atoms with Gasteiger partial charge in [0.1, 0.15) is 0 Å². The van der Waals surface area contributed by atoms with E-state index in [0.29, 0.717) is 18.4 Å². The van der Waals surface area contributed by atoms with Crippen molar-refractivity contribution in [3.05, 3.63) is 29.3 Å². The van der Waals surface area contributed by atoms with E-state index in [0.717, 1.165) is 31.4 Å². The van der Waals surface area contributed by atoms with E-state index in [4.69, 9.17) is 4.98 Å². The van der Waals surface area contributed by atoms with Crippen molar-refractivity contribution in [2.24, 2.45) is 0 Å². The highest BCUT2D eigenvalue weighted by Gasteiger charge is 2.29. The van der Waals surface area contributed by atoms with Crippen LogP contribution in [0.2, 0.25) is 0 Å². The lowest BCUT2D eigenvalue weighted by Crippen LogP contribution is -3.11. The summed E-state index contributed by atoms with van der Waals surface area (Å²) in [7, 11) is 0. The number of likely N-dealkylation sites (tertiary alicyclic amines) is 2. The van der Waals surface area contributed by atoms with Crippen LogP contribution in [0.3, 0.4) is 0 Å². The molecule has 2 fully saturated rings. The van der Waals surface area contributed by atoms with Crippen LogP contribution in [0.5, 0.6) is 0 Å². The number of nitrogens with zero attached hydrogens (tertiary/aromatic N) is 2. The van der Waals surface area contributed by atoms with E-state index in [1.807, 2.05) is 6.07 Å². The maximum absolute atomic E-state index is 12.6. The number of quaternary nitrogens is 1. The van der Waals surface area contributed by atoms with Gasteiger partial charge in [0.25, 0.3) is 5.91 Å². The Morgan fingerprint density at radius 1 is 1.26 bits per heavy atom. The first-order valence-electron chi connectivity index (χ1n) is 8.76. The second-order valence-electron chi connectivity index (χ2n) is 6.83. The Kier molecular flexibility index (Phi) is 4.31. The fourth-order valence-electron chi connectivity index (χ4n) is 3.85. The lowest BCUT2D eigenvalue weighted by molar-refractivity contribution is -0.879. The van der Waals surface area contributed by atoms with Crippen LogP contribution >= 0.6 is 11.3 Å². The van der Waals surface area contributed by atoms with Gasteiger partial charge in [-0.2, -0.15) is 0 Å². The number of carbonyl (C=O) groups excluding carboxylic acids is 1. The van der Waals surface area contributed by atoms with Crippen molar-refractivity contribution >= 4 is 27.5 Å². The number of hydrogen-bond acceptors (Lipinski definition) is 3. The molecule has 0 bridgehead atoms. The number of amides is 1. The zero-order valence-electron chi connectivity index (χ0n) is 13.5. The van der Waals surface area contributed by atoms with Gasteiger partial charge in [-0.1, -0.05) is 12.1 Å². The van der Waals surface area contributed by atoms with Crippen LogP contribution in [0.15, 0.2) is 24.3 Å². The van der Waals surface area contributed by atoms with Gasteiger partial charge in [-0.15, -0.1) is 11.3 Å². The van der Waals surface area contributed by atoms with Gasteiger partial charge < -0.3 is 9.80 Å². The highest BCUT2D eigenvalue weighted by molar-refractivity contribution is 7.18. The van der Waals surface area contributed by atoms with Gasteiger partial charge in [0.2, 0.25) is 0 Å². The van der Waals surface area contributed by atoms with Crippen LogP contribution in [0.4, 0.5) is 0 Å². The van der Waals surface area contributed by atoms with Gasteiger partial charge in [-0.25, -0.2) is 4.98 Å². The van der Waals surface area contributed by atoms with E-state index in [9.17, 15) is 4.79 Å². The number of rotatable bonds is 3. The summed E-state index contributed by atoms with van der Waals surface area (Å²) in [6, 6.07) is 8.33. The molecule has 1 aromatic carbocycles. The van der Waals surface area contributed by atoms with Crippen molar-refractivity contribution in [2.75, 3.05) is 32.7 Å². The molecule has 0 radical (unpaired) electrons. The van der Waals surface area contributed by atoms with E-state index in [1.54, 1.807) is 11.3 Å². The molecule has 1 atom stereocenters. The van der Waals surface area contributed by atoms with E-state index in [2.05, 4.69) is 23.1 Å². The SMILES string of the molecule is O=C(C[NH+]1CCCC1)N1CCC[C@@H](c2nc3ccccc3s2)C1. The minimum absolute atomic E-state index is 0.340. The fraction of sp³-hybridized carbons (Fsp3) is 0.556. The van der Waals surface area contributed by atoms with Gasteiger partial charge in [-0.3, -0.25) is 4.79 Å². The summed E-state index contributed by atoms with van der Waals surface area (Å²) in [6.45, 7) is 4.80. The molecule has 2 aliphatic heterocycles. The summed E-state index contributed by atoms with van der Waals surface area (Å²) < 4.78 is 1.26. The molecule has 0 saturated carbocycles. The fourth-order valence-corrected chi connectivity index (χ4v) is 4.94. The first-order valence-corrected chi connectivity index (χ1v) is 9.58. The molecule has 1 amide bonds. The Bertz CT molecular complexity index is 659. The number of benzene rings is 1. The number of fused-ring (bicyclic) bond motifs is 1. The number of piperidine rings is 1. The van der Waals surface area contributed by atoms with E-state index >= 15 is 0 Å². The molecule has 1 aromatic heterocycles. The number of para-hydroxylation sites is 1. The smallest absolute Gasteiger partial charge is 0.277 e. The molecule has 0 unspecified atom stereocenters. The maximum atomic E-state index is 12.6. The second-order valence-corrected chi connectivity index (χ2v) is 7.89. The number of thiazole rings is 1.